The molecule has 18 heavy (non-hydrogen) atoms. The molecule has 0 saturated heterocycles. The molecule has 0 aliphatic heterocycles. The molecule has 0 bridgehead atoms. The molecule has 0 aliphatic rings. The quantitative estimate of drug-likeness (QED) is 0.879. The Hall–Kier alpha value is -1.30. The molecule has 3 nitrogen and oxygen atoms in total. The Labute approximate surface area is 112 Å². The number of thiazole rings is 1. The number of nitrogens with two attached hydrogens (primary N) is 1. The van der Waals surface area contributed by atoms with Gasteiger partial charge in [-0.25, -0.2) is 9.37 Å². The second-order valence-electron chi connectivity index (χ2n) is 3.64. The van der Waals surface area contributed by atoms with Crippen molar-refractivity contribution in [2.24, 2.45) is 5.73 Å². The first-order chi connectivity index (χ1) is 8.61. The van der Waals surface area contributed by atoms with Gasteiger partial charge < -0.3 is 5.73 Å². The molecule has 2 rings (SSSR count). The van der Waals surface area contributed by atoms with Crippen molar-refractivity contribution < 1.29 is 9.18 Å². The highest BCUT2D eigenvalue weighted by molar-refractivity contribution is 7.09. The summed E-state index contributed by atoms with van der Waals surface area (Å²) in [5, 5.41) is 2.33. The molecule has 0 fully saturated rings. The average Bonchev–Trinajstić information content (AvgIpc) is 2.83. The molecule has 94 valence electrons. The highest BCUT2D eigenvalue weighted by Gasteiger charge is 2.14. The van der Waals surface area contributed by atoms with Gasteiger partial charge in [0.15, 0.2) is 5.78 Å². The van der Waals surface area contributed by atoms with Gasteiger partial charge in [0.05, 0.1) is 5.02 Å². The summed E-state index contributed by atoms with van der Waals surface area (Å²) in [6.07, 6.45) is -0.0554. The zero-order chi connectivity index (χ0) is 13.1. The zero-order valence-corrected chi connectivity index (χ0v) is 10.9. The molecule has 1 heterocycles. The van der Waals surface area contributed by atoms with E-state index in [4.69, 9.17) is 17.3 Å². The first kappa shape index (κ1) is 13.1. The van der Waals surface area contributed by atoms with E-state index in [0.717, 1.165) is 0 Å². The lowest BCUT2D eigenvalue weighted by molar-refractivity contribution is 0.0987. The number of aromatic nitrogens is 1. The fraction of sp³-hybridized carbons (Fsp3) is 0.167. The third-order valence-electron chi connectivity index (χ3n) is 2.39. The summed E-state index contributed by atoms with van der Waals surface area (Å²) in [6, 6.07) is 4.59. The van der Waals surface area contributed by atoms with Gasteiger partial charge in [-0.2, -0.15) is 0 Å². The number of ketones is 1. The zero-order valence-electron chi connectivity index (χ0n) is 9.32. The predicted molar refractivity (Wildman–Crippen MR) is 69.4 cm³/mol. The lowest BCUT2D eigenvalue weighted by Crippen LogP contribution is -2.06. The summed E-state index contributed by atoms with van der Waals surface area (Å²) in [5.41, 5.74) is 6.01. The minimum atomic E-state index is -0.554. The summed E-state index contributed by atoms with van der Waals surface area (Å²) in [7, 11) is 0. The monoisotopic (exact) mass is 284 g/mol. The van der Waals surface area contributed by atoms with Crippen molar-refractivity contribution in [1.82, 2.24) is 4.98 Å². The highest BCUT2D eigenvalue weighted by atomic mass is 35.5. The predicted octanol–water partition coefficient (Wildman–Crippen LogP) is 2.82. The topological polar surface area (TPSA) is 56.0 Å². The second kappa shape index (κ2) is 5.56. The van der Waals surface area contributed by atoms with E-state index in [9.17, 15) is 9.18 Å². The molecule has 0 saturated carbocycles. The van der Waals surface area contributed by atoms with Gasteiger partial charge in [0.25, 0.3) is 0 Å². The molecule has 0 amide bonds. The molecule has 0 aliphatic carbocycles. The SMILES string of the molecule is NCc1nc(C(=O)Cc2cccc(Cl)c2F)cs1. The standard InChI is InChI=1S/C12H10ClFN2OS/c13-8-3-1-2-7(12(8)14)4-10(17)9-6-18-11(5-15)16-9/h1-3,6H,4-5,15H2. The molecule has 2 aromatic rings. The van der Waals surface area contributed by atoms with Crippen LogP contribution in [-0.2, 0) is 13.0 Å². The van der Waals surface area contributed by atoms with Crippen LogP contribution < -0.4 is 5.73 Å². The summed E-state index contributed by atoms with van der Waals surface area (Å²) >= 11 is 6.97. The van der Waals surface area contributed by atoms with E-state index in [0.29, 0.717) is 17.2 Å². The molecule has 6 heteroatoms. The number of nitrogens with zero attached hydrogens (tertiary/aromatic N) is 1. The van der Waals surface area contributed by atoms with Gasteiger partial charge in [-0.15, -0.1) is 11.3 Å². The van der Waals surface area contributed by atoms with E-state index in [2.05, 4.69) is 4.98 Å². The van der Waals surface area contributed by atoms with Crippen LogP contribution in [0.3, 0.4) is 0 Å². The number of carbonyl (C=O) groups is 1. The maximum atomic E-state index is 13.6. The Balaban J connectivity index is 2.18. The molecular weight excluding hydrogens is 275 g/mol. The maximum Gasteiger partial charge on any atom is 0.186 e. The van der Waals surface area contributed by atoms with Crippen molar-refractivity contribution >= 4 is 28.7 Å². The average molecular weight is 285 g/mol. The van der Waals surface area contributed by atoms with Crippen molar-refractivity contribution in [3.63, 3.8) is 0 Å². The van der Waals surface area contributed by atoms with Gasteiger partial charge in [0, 0.05) is 18.3 Å². The molecule has 0 atom stereocenters. The van der Waals surface area contributed by atoms with Crippen molar-refractivity contribution in [3.05, 3.63) is 50.7 Å². The number of hydrogen-bond donors (Lipinski definition) is 1. The fourth-order valence-corrected chi connectivity index (χ4v) is 2.35. The van der Waals surface area contributed by atoms with Gasteiger partial charge in [-0.3, -0.25) is 4.79 Å². The maximum absolute atomic E-state index is 13.6. The van der Waals surface area contributed by atoms with Crippen LogP contribution in [0.4, 0.5) is 4.39 Å². The minimum Gasteiger partial charge on any atom is -0.325 e. The van der Waals surface area contributed by atoms with Crippen LogP contribution in [0.2, 0.25) is 5.02 Å². The first-order valence-electron chi connectivity index (χ1n) is 5.22. The molecule has 0 radical (unpaired) electrons. The molecule has 1 aromatic heterocycles. The Kier molecular flexibility index (Phi) is 4.06. The number of rotatable bonds is 4. The van der Waals surface area contributed by atoms with E-state index >= 15 is 0 Å². The van der Waals surface area contributed by atoms with Gasteiger partial charge in [0.2, 0.25) is 0 Å². The number of benzene rings is 1. The van der Waals surface area contributed by atoms with Gasteiger partial charge >= 0.3 is 0 Å². The summed E-state index contributed by atoms with van der Waals surface area (Å²) in [6.45, 7) is 0.295. The van der Waals surface area contributed by atoms with E-state index in [-0.39, 0.29) is 22.8 Å². The van der Waals surface area contributed by atoms with E-state index in [1.807, 2.05) is 0 Å². The Morgan fingerprint density at radius 1 is 1.50 bits per heavy atom. The van der Waals surface area contributed by atoms with Gasteiger partial charge in [-0.05, 0) is 11.6 Å². The molecular formula is C12H10ClFN2OS. The molecule has 1 aromatic carbocycles. The van der Waals surface area contributed by atoms with E-state index in [1.165, 1.54) is 23.5 Å². The van der Waals surface area contributed by atoms with Crippen LogP contribution in [0.1, 0.15) is 21.1 Å². The van der Waals surface area contributed by atoms with Gasteiger partial charge in [0.1, 0.15) is 16.5 Å². The number of hydrogen-bond acceptors (Lipinski definition) is 4. The number of Topliss-reactive ketones (excluding diaryl/α,β-unsaturated/α-hetero) is 1. The van der Waals surface area contributed by atoms with Crippen LogP contribution in [-0.4, -0.2) is 10.8 Å². The lowest BCUT2D eigenvalue weighted by atomic mass is 10.1. The Morgan fingerprint density at radius 2 is 2.28 bits per heavy atom. The Bertz CT molecular complexity index is 585. The van der Waals surface area contributed by atoms with Crippen LogP contribution in [0, 0.1) is 5.82 Å². The van der Waals surface area contributed by atoms with E-state index in [1.54, 1.807) is 11.4 Å². The molecule has 2 N–H and O–H groups in total. The summed E-state index contributed by atoms with van der Waals surface area (Å²) in [4.78, 5) is 16.0. The van der Waals surface area contributed by atoms with Crippen molar-refractivity contribution in [3.8, 4) is 0 Å². The largest absolute Gasteiger partial charge is 0.325 e. The number of carbonyl (C=O) groups excluding carboxylic acids is 1. The number of halogens is 2. The van der Waals surface area contributed by atoms with E-state index < -0.39 is 5.82 Å². The fourth-order valence-electron chi connectivity index (χ4n) is 1.48. The minimum absolute atomic E-state index is 0.0150. The summed E-state index contributed by atoms with van der Waals surface area (Å²) in [5.74, 6) is -0.797. The normalized spacial score (nSPS) is 10.6. The second-order valence-corrected chi connectivity index (χ2v) is 4.99. The van der Waals surface area contributed by atoms with Crippen LogP contribution in [0.15, 0.2) is 23.6 Å². The van der Waals surface area contributed by atoms with Crippen LogP contribution >= 0.6 is 22.9 Å². The van der Waals surface area contributed by atoms with Crippen LogP contribution in [0.5, 0.6) is 0 Å². The molecule has 0 spiro atoms. The summed E-state index contributed by atoms with van der Waals surface area (Å²) < 4.78 is 13.6. The third-order valence-corrected chi connectivity index (χ3v) is 3.56. The smallest absolute Gasteiger partial charge is 0.186 e. The van der Waals surface area contributed by atoms with Crippen molar-refractivity contribution in [2.45, 2.75) is 13.0 Å². The van der Waals surface area contributed by atoms with Crippen molar-refractivity contribution in [1.29, 1.82) is 0 Å². The first-order valence-corrected chi connectivity index (χ1v) is 6.48. The van der Waals surface area contributed by atoms with Crippen LogP contribution in [0.25, 0.3) is 0 Å². The lowest BCUT2D eigenvalue weighted by Gasteiger charge is -2.02. The molecule has 0 unspecified atom stereocenters. The Morgan fingerprint density at radius 3 is 2.94 bits per heavy atom. The highest BCUT2D eigenvalue weighted by Crippen LogP contribution is 2.20. The van der Waals surface area contributed by atoms with Crippen molar-refractivity contribution in [2.75, 3.05) is 0 Å². The van der Waals surface area contributed by atoms with Gasteiger partial charge in [-0.1, -0.05) is 23.7 Å². The third kappa shape index (κ3) is 2.75.